The molecular formula is C14H19FN2O2. The summed E-state index contributed by atoms with van der Waals surface area (Å²) in [5.74, 6) is -0.157. The van der Waals surface area contributed by atoms with E-state index in [1.54, 1.807) is 6.07 Å². The topological polar surface area (TPSA) is 50.4 Å². The minimum absolute atomic E-state index is 0.146. The Kier molecular flexibility index (Phi) is 4.74. The lowest BCUT2D eigenvalue weighted by Gasteiger charge is -2.22. The van der Waals surface area contributed by atoms with E-state index >= 15 is 0 Å². The molecule has 1 aliphatic rings. The van der Waals surface area contributed by atoms with Crippen molar-refractivity contribution in [3.63, 3.8) is 0 Å². The summed E-state index contributed by atoms with van der Waals surface area (Å²) in [5, 5.41) is 6.14. The molecule has 19 heavy (non-hydrogen) atoms. The number of ether oxygens (including phenoxy) is 1. The van der Waals surface area contributed by atoms with Crippen LogP contribution in [0.25, 0.3) is 0 Å². The van der Waals surface area contributed by atoms with Crippen LogP contribution in [-0.4, -0.2) is 32.7 Å². The number of amides is 1. The summed E-state index contributed by atoms with van der Waals surface area (Å²) < 4.78 is 18.3. The molecule has 2 N–H and O–H groups in total. The average Bonchev–Trinajstić information content (AvgIpc) is 2.45. The van der Waals surface area contributed by atoms with E-state index in [0.717, 1.165) is 25.9 Å². The van der Waals surface area contributed by atoms with Gasteiger partial charge in [0.15, 0.2) is 11.6 Å². The third kappa shape index (κ3) is 3.67. The highest BCUT2D eigenvalue weighted by molar-refractivity contribution is 5.94. The summed E-state index contributed by atoms with van der Waals surface area (Å²) in [6.45, 7) is 2.60. The number of nitrogens with one attached hydrogen (secondary N) is 2. The Morgan fingerprint density at radius 3 is 3.05 bits per heavy atom. The van der Waals surface area contributed by atoms with Gasteiger partial charge >= 0.3 is 0 Å². The average molecular weight is 266 g/mol. The van der Waals surface area contributed by atoms with Crippen molar-refractivity contribution in [2.45, 2.75) is 12.8 Å². The maximum atomic E-state index is 13.5. The van der Waals surface area contributed by atoms with Crippen LogP contribution in [0.15, 0.2) is 18.2 Å². The maximum absolute atomic E-state index is 13.5. The number of methoxy groups -OCH3 is 1. The third-order valence-corrected chi connectivity index (χ3v) is 3.36. The molecule has 104 valence electrons. The Balaban J connectivity index is 1.90. The SMILES string of the molecule is COc1ccc(C(=O)NCC2CCCNC2)cc1F. The van der Waals surface area contributed by atoms with Gasteiger partial charge in [-0.3, -0.25) is 4.79 Å². The number of hydrogen-bond donors (Lipinski definition) is 2. The van der Waals surface area contributed by atoms with Crippen LogP contribution in [-0.2, 0) is 0 Å². The molecule has 0 bridgehead atoms. The summed E-state index contributed by atoms with van der Waals surface area (Å²) in [6, 6.07) is 4.23. The molecule has 1 atom stereocenters. The molecular weight excluding hydrogens is 247 g/mol. The molecule has 0 aromatic heterocycles. The zero-order chi connectivity index (χ0) is 13.7. The van der Waals surface area contributed by atoms with Gasteiger partial charge in [-0.25, -0.2) is 4.39 Å². The molecule has 1 heterocycles. The van der Waals surface area contributed by atoms with E-state index in [4.69, 9.17) is 4.74 Å². The van der Waals surface area contributed by atoms with Crippen molar-refractivity contribution in [1.29, 1.82) is 0 Å². The highest BCUT2D eigenvalue weighted by Crippen LogP contribution is 2.17. The van der Waals surface area contributed by atoms with Gasteiger partial charge in [-0.05, 0) is 50.0 Å². The van der Waals surface area contributed by atoms with Crippen LogP contribution in [0.4, 0.5) is 4.39 Å². The van der Waals surface area contributed by atoms with E-state index in [-0.39, 0.29) is 11.7 Å². The number of hydrogen-bond acceptors (Lipinski definition) is 3. The Morgan fingerprint density at radius 1 is 1.58 bits per heavy atom. The van der Waals surface area contributed by atoms with E-state index in [1.807, 2.05) is 0 Å². The van der Waals surface area contributed by atoms with Crippen LogP contribution in [0.5, 0.6) is 5.75 Å². The largest absolute Gasteiger partial charge is 0.494 e. The predicted molar refractivity (Wildman–Crippen MR) is 70.9 cm³/mol. The Bertz CT molecular complexity index is 445. The van der Waals surface area contributed by atoms with Gasteiger partial charge in [0, 0.05) is 12.1 Å². The van der Waals surface area contributed by atoms with Crippen LogP contribution in [0, 0.1) is 11.7 Å². The quantitative estimate of drug-likeness (QED) is 0.869. The van der Waals surface area contributed by atoms with Crippen LogP contribution in [0.3, 0.4) is 0 Å². The van der Waals surface area contributed by atoms with Crippen molar-refractivity contribution in [1.82, 2.24) is 10.6 Å². The molecule has 2 rings (SSSR count). The highest BCUT2D eigenvalue weighted by Gasteiger charge is 2.15. The van der Waals surface area contributed by atoms with E-state index < -0.39 is 5.82 Å². The summed E-state index contributed by atoms with van der Waals surface area (Å²) in [6.07, 6.45) is 2.25. The van der Waals surface area contributed by atoms with Gasteiger partial charge in [0.2, 0.25) is 0 Å². The molecule has 1 unspecified atom stereocenters. The van der Waals surface area contributed by atoms with Crippen molar-refractivity contribution in [3.8, 4) is 5.75 Å². The number of carbonyl (C=O) groups excluding carboxylic acids is 1. The first-order chi connectivity index (χ1) is 9.20. The Morgan fingerprint density at radius 2 is 2.42 bits per heavy atom. The summed E-state index contributed by atoms with van der Waals surface area (Å²) in [5.41, 5.74) is 0.321. The predicted octanol–water partition coefficient (Wildman–Crippen LogP) is 1.56. The number of benzene rings is 1. The molecule has 1 aliphatic heterocycles. The van der Waals surface area contributed by atoms with Crippen molar-refractivity contribution in [3.05, 3.63) is 29.6 Å². The molecule has 0 radical (unpaired) electrons. The van der Waals surface area contributed by atoms with E-state index in [2.05, 4.69) is 10.6 Å². The van der Waals surface area contributed by atoms with Gasteiger partial charge in [0.1, 0.15) is 0 Å². The first-order valence-corrected chi connectivity index (χ1v) is 6.53. The molecule has 4 nitrogen and oxygen atoms in total. The monoisotopic (exact) mass is 266 g/mol. The molecule has 1 aromatic rings. The van der Waals surface area contributed by atoms with E-state index in [9.17, 15) is 9.18 Å². The molecule has 0 saturated carbocycles. The fourth-order valence-electron chi connectivity index (χ4n) is 2.24. The lowest BCUT2D eigenvalue weighted by molar-refractivity contribution is 0.0944. The molecule has 0 aliphatic carbocycles. The lowest BCUT2D eigenvalue weighted by Crippen LogP contribution is -2.38. The zero-order valence-electron chi connectivity index (χ0n) is 11.0. The molecule has 1 amide bonds. The Labute approximate surface area is 112 Å². The molecule has 1 fully saturated rings. The standard InChI is InChI=1S/C14H19FN2O2/c1-19-13-5-4-11(7-12(13)15)14(18)17-9-10-3-2-6-16-8-10/h4-5,7,10,16H,2-3,6,8-9H2,1H3,(H,17,18). The van der Waals surface area contributed by atoms with Crippen LogP contribution in [0.1, 0.15) is 23.2 Å². The van der Waals surface area contributed by atoms with E-state index in [1.165, 1.54) is 19.2 Å². The van der Waals surface area contributed by atoms with Crippen LogP contribution in [0.2, 0.25) is 0 Å². The van der Waals surface area contributed by atoms with Gasteiger partial charge < -0.3 is 15.4 Å². The lowest BCUT2D eigenvalue weighted by atomic mass is 9.99. The molecule has 1 saturated heterocycles. The third-order valence-electron chi connectivity index (χ3n) is 3.36. The first-order valence-electron chi connectivity index (χ1n) is 6.53. The maximum Gasteiger partial charge on any atom is 0.251 e. The summed E-state index contributed by atoms with van der Waals surface area (Å²) in [4.78, 5) is 11.9. The Hall–Kier alpha value is -1.62. The summed E-state index contributed by atoms with van der Waals surface area (Å²) >= 11 is 0. The van der Waals surface area contributed by atoms with Crippen molar-refractivity contribution in [2.75, 3.05) is 26.7 Å². The van der Waals surface area contributed by atoms with Gasteiger partial charge in [0.05, 0.1) is 7.11 Å². The van der Waals surface area contributed by atoms with Gasteiger partial charge in [-0.15, -0.1) is 0 Å². The van der Waals surface area contributed by atoms with Gasteiger partial charge in [-0.1, -0.05) is 0 Å². The first kappa shape index (κ1) is 13.8. The van der Waals surface area contributed by atoms with E-state index in [0.29, 0.717) is 18.0 Å². The second-order valence-corrected chi connectivity index (χ2v) is 4.77. The van der Waals surface area contributed by atoms with Crippen molar-refractivity contribution in [2.24, 2.45) is 5.92 Å². The van der Waals surface area contributed by atoms with Crippen molar-refractivity contribution < 1.29 is 13.9 Å². The highest BCUT2D eigenvalue weighted by atomic mass is 19.1. The normalized spacial score (nSPS) is 18.9. The number of carbonyl (C=O) groups is 1. The number of piperidine rings is 1. The van der Waals surface area contributed by atoms with Crippen molar-refractivity contribution >= 4 is 5.91 Å². The summed E-state index contributed by atoms with van der Waals surface area (Å²) in [7, 11) is 1.40. The smallest absolute Gasteiger partial charge is 0.251 e. The molecule has 5 heteroatoms. The van der Waals surface area contributed by atoms with Gasteiger partial charge in [0.25, 0.3) is 5.91 Å². The molecule has 1 aromatic carbocycles. The second-order valence-electron chi connectivity index (χ2n) is 4.77. The number of rotatable bonds is 4. The minimum atomic E-state index is -0.519. The minimum Gasteiger partial charge on any atom is -0.494 e. The fraction of sp³-hybridized carbons (Fsp3) is 0.500. The van der Waals surface area contributed by atoms with Gasteiger partial charge in [-0.2, -0.15) is 0 Å². The number of halogens is 1. The fourth-order valence-corrected chi connectivity index (χ4v) is 2.24. The zero-order valence-corrected chi connectivity index (χ0v) is 11.0. The van der Waals surface area contributed by atoms with Crippen LogP contribution >= 0.6 is 0 Å². The molecule has 0 spiro atoms. The van der Waals surface area contributed by atoms with Crippen LogP contribution < -0.4 is 15.4 Å². The second kappa shape index (κ2) is 6.52.